The van der Waals surface area contributed by atoms with E-state index in [4.69, 9.17) is 4.74 Å². The first kappa shape index (κ1) is 12.9. The lowest BCUT2D eigenvalue weighted by Gasteiger charge is -2.19. The third-order valence-electron chi connectivity index (χ3n) is 3.05. The highest BCUT2D eigenvalue weighted by Crippen LogP contribution is 2.36. The van der Waals surface area contributed by atoms with Crippen LogP contribution in [0, 0.1) is 0 Å². The van der Waals surface area contributed by atoms with Gasteiger partial charge in [0.15, 0.2) is 0 Å². The number of rotatable bonds is 6. The minimum Gasteiger partial charge on any atom is -0.380 e. The number of likely N-dealkylation sites (N-methyl/N-ethyl adjacent to an activating group) is 1. The normalized spacial score (nSPS) is 18.6. The minimum absolute atomic E-state index is 0.707. The molecule has 1 atom stereocenters. The standard InChI is InChI=1S/C14H21NOS/c1-3-16-9-8-15(2)11-13-10-12-6-4-5-7-14(12)17-13/h4-7,13H,3,8-11H2,1-2H3. The molecule has 1 aliphatic rings. The number of ether oxygens (including phenoxy) is 1. The summed E-state index contributed by atoms with van der Waals surface area (Å²) in [6.45, 7) is 5.88. The van der Waals surface area contributed by atoms with Crippen LogP contribution in [0.2, 0.25) is 0 Å². The summed E-state index contributed by atoms with van der Waals surface area (Å²) in [5, 5.41) is 0.707. The van der Waals surface area contributed by atoms with Crippen molar-refractivity contribution in [3.8, 4) is 0 Å². The van der Waals surface area contributed by atoms with Gasteiger partial charge in [-0.05, 0) is 32.0 Å². The number of hydrogen-bond donors (Lipinski definition) is 0. The fourth-order valence-corrected chi connectivity index (χ4v) is 3.57. The average Bonchev–Trinajstić information content (AvgIpc) is 2.71. The van der Waals surface area contributed by atoms with Gasteiger partial charge in [-0.2, -0.15) is 0 Å². The molecule has 1 aromatic carbocycles. The van der Waals surface area contributed by atoms with Crippen LogP contribution in [0.1, 0.15) is 12.5 Å². The summed E-state index contributed by atoms with van der Waals surface area (Å²) in [6.07, 6.45) is 1.21. The Hall–Kier alpha value is -0.510. The molecule has 0 spiro atoms. The molecule has 1 unspecified atom stereocenters. The van der Waals surface area contributed by atoms with E-state index >= 15 is 0 Å². The molecule has 0 amide bonds. The van der Waals surface area contributed by atoms with Gasteiger partial charge in [-0.1, -0.05) is 18.2 Å². The maximum absolute atomic E-state index is 5.38. The predicted molar refractivity (Wildman–Crippen MR) is 73.8 cm³/mol. The van der Waals surface area contributed by atoms with Crippen LogP contribution >= 0.6 is 11.8 Å². The van der Waals surface area contributed by atoms with E-state index in [0.717, 1.165) is 26.3 Å². The van der Waals surface area contributed by atoms with Crippen molar-refractivity contribution < 1.29 is 4.74 Å². The number of fused-ring (bicyclic) bond motifs is 1. The van der Waals surface area contributed by atoms with Gasteiger partial charge in [0.05, 0.1) is 6.61 Å². The van der Waals surface area contributed by atoms with Gasteiger partial charge in [-0.3, -0.25) is 0 Å². The van der Waals surface area contributed by atoms with Crippen molar-refractivity contribution in [2.45, 2.75) is 23.5 Å². The summed E-state index contributed by atoms with van der Waals surface area (Å²) >= 11 is 2.02. The molecule has 1 aliphatic heterocycles. The maximum Gasteiger partial charge on any atom is 0.0593 e. The van der Waals surface area contributed by atoms with Crippen LogP contribution in [-0.4, -0.2) is 43.5 Å². The molecule has 0 N–H and O–H groups in total. The fraction of sp³-hybridized carbons (Fsp3) is 0.571. The Labute approximate surface area is 108 Å². The molecule has 17 heavy (non-hydrogen) atoms. The molecule has 0 radical (unpaired) electrons. The number of hydrogen-bond acceptors (Lipinski definition) is 3. The van der Waals surface area contributed by atoms with Crippen LogP contribution < -0.4 is 0 Å². The van der Waals surface area contributed by atoms with E-state index in [0.29, 0.717) is 5.25 Å². The zero-order valence-corrected chi connectivity index (χ0v) is 11.5. The Bertz CT molecular complexity index is 331. The number of benzene rings is 1. The monoisotopic (exact) mass is 251 g/mol. The van der Waals surface area contributed by atoms with Crippen LogP contribution in [-0.2, 0) is 11.2 Å². The smallest absolute Gasteiger partial charge is 0.0593 e. The SMILES string of the molecule is CCOCCN(C)CC1Cc2ccccc2S1. The van der Waals surface area contributed by atoms with Crippen LogP contribution in [0.15, 0.2) is 29.2 Å². The molecular weight excluding hydrogens is 230 g/mol. The summed E-state index contributed by atoms with van der Waals surface area (Å²) in [6, 6.07) is 8.76. The average molecular weight is 251 g/mol. The summed E-state index contributed by atoms with van der Waals surface area (Å²) < 4.78 is 5.38. The van der Waals surface area contributed by atoms with Crippen LogP contribution in [0.5, 0.6) is 0 Å². The van der Waals surface area contributed by atoms with Gasteiger partial charge in [0, 0.05) is 29.8 Å². The zero-order valence-electron chi connectivity index (χ0n) is 10.7. The van der Waals surface area contributed by atoms with Gasteiger partial charge in [-0.15, -0.1) is 11.8 Å². The molecule has 0 saturated carbocycles. The largest absolute Gasteiger partial charge is 0.380 e. The van der Waals surface area contributed by atoms with Crippen molar-refractivity contribution in [3.05, 3.63) is 29.8 Å². The highest BCUT2D eigenvalue weighted by atomic mass is 32.2. The lowest BCUT2D eigenvalue weighted by molar-refractivity contribution is 0.122. The second-order valence-corrected chi connectivity index (χ2v) is 5.85. The van der Waals surface area contributed by atoms with Crippen molar-refractivity contribution in [1.29, 1.82) is 0 Å². The maximum atomic E-state index is 5.38. The highest BCUT2D eigenvalue weighted by Gasteiger charge is 2.22. The minimum atomic E-state index is 0.707. The predicted octanol–water partition coefficient (Wildman–Crippen LogP) is 2.67. The first-order valence-corrected chi connectivity index (χ1v) is 7.18. The van der Waals surface area contributed by atoms with E-state index in [1.807, 2.05) is 18.7 Å². The van der Waals surface area contributed by atoms with Crippen molar-refractivity contribution in [2.75, 3.05) is 33.4 Å². The summed E-state index contributed by atoms with van der Waals surface area (Å²) in [5.74, 6) is 0. The quantitative estimate of drug-likeness (QED) is 0.721. The van der Waals surface area contributed by atoms with Crippen molar-refractivity contribution in [1.82, 2.24) is 4.90 Å². The van der Waals surface area contributed by atoms with E-state index in [1.165, 1.54) is 16.9 Å². The van der Waals surface area contributed by atoms with Crippen molar-refractivity contribution >= 4 is 11.8 Å². The Balaban J connectivity index is 1.75. The topological polar surface area (TPSA) is 12.5 Å². The van der Waals surface area contributed by atoms with Crippen LogP contribution in [0.3, 0.4) is 0 Å². The van der Waals surface area contributed by atoms with E-state index in [1.54, 1.807) is 0 Å². The molecule has 0 bridgehead atoms. The zero-order chi connectivity index (χ0) is 12.1. The van der Waals surface area contributed by atoms with E-state index in [9.17, 15) is 0 Å². The number of nitrogens with zero attached hydrogens (tertiary/aromatic N) is 1. The summed E-state index contributed by atoms with van der Waals surface area (Å²) in [7, 11) is 2.18. The van der Waals surface area contributed by atoms with Gasteiger partial charge < -0.3 is 9.64 Å². The Morgan fingerprint density at radius 2 is 2.24 bits per heavy atom. The summed E-state index contributed by atoms with van der Waals surface area (Å²) in [5.41, 5.74) is 1.51. The first-order chi connectivity index (χ1) is 8.29. The molecule has 3 heteroatoms. The third kappa shape index (κ3) is 3.73. The lowest BCUT2D eigenvalue weighted by Crippen LogP contribution is -2.30. The Morgan fingerprint density at radius 3 is 3.00 bits per heavy atom. The molecule has 2 nitrogen and oxygen atoms in total. The second kappa shape index (κ2) is 6.43. The Kier molecular flexibility index (Phi) is 4.89. The van der Waals surface area contributed by atoms with Crippen LogP contribution in [0.4, 0.5) is 0 Å². The molecule has 0 fully saturated rings. The van der Waals surface area contributed by atoms with Gasteiger partial charge in [0.25, 0.3) is 0 Å². The van der Waals surface area contributed by atoms with Gasteiger partial charge in [0.1, 0.15) is 0 Å². The van der Waals surface area contributed by atoms with E-state index in [-0.39, 0.29) is 0 Å². The molecule has 0 saturated heterocycles. The van der Waals surface area contributed by atoms with Crippen molar-refractivity contribution in [3.63, 3.8) is 0 Å². The first-order valence-electron chi connectivity index (χ1n) is 6.30. The second-order valence-electron chi connectivity index (χ2n) is 4.51. The molecule has 94 valence electrons. The van der Waals surface area contributed by atoms with Gasteiger partial charge in [-0.25, -0.2) is 0 Å². The molecular formula is C14H21NOS. The summed E-state index contributed by atoms with van der Waals surface area (Å²) in [4.78, 5) is 3.84. The molecule has 0 aromatic heterocycles. The molecule has 0 aliphatic carbocycles. The van der Waals surface area contributed by atoms with E-state index < -0.39 is 0 Å². The van der Waals surface area contributed by atoms with Crippen molar-refractivity contribution in [2.24, 2.45) is 0 Å². The fourth-order valence-electron chi connectivity index (χ4n) is 2.16. The lowest BCUT2D eigenvalue weighted by atomic mass is 10.1. The van der Waals surface area contributed by atoms with E-state index in [2.05, 4.69) is 36.2 Å². The molecule has 1 aromatic rings. The van der Waals surface area contributed by atoms with Gasteiger partial charge in [0.2, 0.25) is 0 Å². The highest BCUT2D eigenvalue weighted by molar-refractivity contribution is 8.00. The van der Waals surface area contributed by atoms with Gasteiger partial charge >= 0.3 is 0 Å². The van der Waals surface area contributed by atoms with Crippen LogP contribution in [0.25, 0.3) is 0 Å². The molecule has 2 rings (SSSR count). The molecule has 1 heterocycles. The Morgan fingerprint density at radius 1 is 1.41 bits per heavy atom. The third-order valence-corrected chi connectivity index (χ3v) is 4.35. The number of thioether (sulfide) groups is 1.